The van der Waals surface area contributed by atoms with Crippen molar-refractivity contribution in [3.05, 3.63) is 71.3 Å². The Hall–Kier alpha value is -2.62. The Morgan fingerprint density at radius 2 is 1.45 bits per heavy atom. The number of benzene rings is 2. The summed E-state index contributed by atoms with van der Waals surface area (Å²) >= 11 is 0. The molecule has 154 valence electrons. The standard InChI is InChI=1S/C25H32N2O2/c1-25(2,3)22-13-11-21(12-14-22)24(29)27-17-7-16-26(18-19-27)23(28)15-10-20-8-5-4-6-9-20/h4-6,8-9,11-14H,7,10,15-19H2,1-3H3. The smallest absolute Gasteiger partial charge is 0.253 e. The number of amides is 2. The number of hydrogen-bond acceptors (Lipinski definition) is 2. The van der Waals surface area contributed by atoms with E-state index in [1.165, 1.54) is 11.1 Å². The molecule has 29 heavy (non-hydrogen) atoms. The molecule has 0 aliphatic carbocycles. The van der Waals surface area contributed by atoms with Gasteiger partial charge in [-0.3, -0.25) is 9.59 Å². The zero-order chi connectivity index (χ0) is 20.9. The molecule has 4 heteroatoms. The molecular weight excluding hydrogens is 360 g/mol. The molecule has 1 aliphatic rings. The molecule has 1 saturated heterocycles. The summed E-state index contributed by atoms with van der Waals surface area (Å²) in [6.45, 7) is 9.13. The highest BCUT2D eigenvalue weighted by Crippen LogP contribution is 2.22. The van der Waals surface area contributed by atoms with E-state index in [2.05, 4.69) is 32.9 Å². The second kappa shape index (κ2) is 9.25. The SMILES string of the molecule is CC(C)(C)c1ccc(C(=O)N2CCCN(C(=O)CCc3ccccc3)CC2)cc1. The quantitative estimate of drug-likeness (QED) is 0.779. The van der Waals surface area contributed by atoms with Gasteiger partial charge in [-0.25, -0.2) is 0 Å². The Balaban J connectivity index is 1.55. The van der Waals surface area contributed by atoms with Gasteiger partial charge in [-0.1, -0.05) is 63.2 Å². The first-order chi connectivity index (χ1) is 13.8. The zero-order valence-corrected chi connectivity index (χ0v) is 17.9. The highest BCUT2D eigenvalue weighted by Gasteiger charge is 2.23. The van der Waals surface area contributed by atoms with Crippen molar-refractivity contribution in [2.75, 3.05) is 26.2 Å². The maximum absolute atomic E-state index is 12.9. The van der Waals surface area contributed by atoms with Gasteiger partial charge in [-0.15, -0.1) is 0 Å². The van der Waals surface area contributed by atoms with Gasteiger partial charge in [0, 0.05) is 38.2 Å². The topological polar surface area (TPSA) is 40.6 Å². The van der Waals surface area contributed by atoms with Crippen molar-refractivity contribution in [1.82, 2.24) is 9.80 Å². The Bertz CT molecular complexity index is 822. The highest BCUT2D eigenvalue weighted by molar-refractivity contribution is 5.94. The van der Waals surface area contributed by atoms with E-state index < -0.39 is 0 Å². The summed E-state index contributed by atoms with van der Waals surface area (Å²) in [7, 11) is 0. The van der Waals surface area contributed by atoms with E-state index in [4.69, 9.17) is 0 Å². The van der Waals surface area contributed by atoms with Crippen molar-refractivity contribution in [3.8, 4) is 0 Å². The minimum Gasteiger partial charge on any atom is -0.341 e. The van der Waals surface area contributed by atoms with Gasteiger partial charge in [0.25, 0.3) is 5.91 Å². The van der Waals surface area contributed by atoms with Crippen LogP contribution in [-0.2, 0) is 16.6 Å². The molecule has 2 amide bonds. The number of hydrogen-bond donors (Lipinski definition) is 0. The molecule has 0 radical (unpaired) electrons. The fourth-order valence-corrected chi connectivity index (χ4v) is 3.72. The lowest BCUT2D eigenvalue weighted by Gasteiger charge is -2.23. The van der Waals surface area contributed by atoms with Gasteiger partial charge in [0.2, 0.25) is 5.91 Å². The molecule has 0 aromatic heterocycles. The molecular formula is C25H32N2O2. The summed E-state index contributed by atoms with van der Waals surface area (Å²) in [6, 6.07) is 18.1. The minimum absolute atomic E-state index is 0.0593. The van der Waals surface area contributed by atoms with Crippen LogP contribution in [0.25, 0.3) is 0 Å². The van der Waals surface area contributed by atoms with Crippen molar-refractivity contribution in [2.45, 2.75) is 45.4 Å². The average Bonchev–Trinajstić information content (AvgIpc) is 2.98. The summed E-state index contributed by atoms with van der Waals surface area (Å²) in [5.41, 5.74) is 3.21. The fraction of sp³-hybridized carbons (Fsp3) is 0.440. The lowest BCUT2D eigenvalue weighted by molar-refractivity contribution is -0.131. The summed E-state index contributed by atoms with van der Waals surface area (Å²) in [6.07, 6.45) is 2.11. The molecule has 1 fully saturated rings. The second-order valence-electron chi connectivity index (χ2n) is 8.84. The summed E-state index contributed by atoms with van der Waals surface area (Å²) in [4.78, 5) is 29.3. The number of aryl methyl sites for hydroxylation is 1. The van der Waals surface area contributed by atoms with E-state index in [0.717, 1.165) is 24.9 Å². The van der Waals surface area contributed by atoms with Crippen LogP contribution in [0.2, 0.25) is 0 Å². The van der Waals surface area contributed by atoms with E-state index in [-0.39, 0.29) is 17.2 Å². The van der Waals surface area contributed by atoms with Gasteiger partial charge in [-0.2, -0.15) is 0 Å². The first kappa shape index (κ1) is 21.1. The normalized spacial score (nSPS) is 15.1. The van der Waals surface area contributed by atoms with Crippen LogP contribution in [0, 0.1) is 0 Å². The molecule has 0 atom stereocenters. The number of carbonyl (C=O) groups is 2. The highest BCUT2D eigenvalue weighted by atomic mass is 16.2. The third-order valence-corrected chi connectivity index (χ3v) is 5.60. The lowest BCUT2D eigenvalue weighted by Crippen LogP contribution is -2.37. The largest absolute Gasteiger partial charge is 0.341 e. The zero-order valence-electron chi connectivity index (χ0n) is 17.9. The molecule has 3 rings (SSSR count). The monoisotopic (exact) mass is 392 g/mol. The minimum atomic E-state index is 0.0593. The van der Waals surface area contributed by atoms with Crippen LogP contribution >= 0.6 is 0 Å². The molecule has 4 nitrogen and oxygen atoms in total. The molecule has 0 saturated carbocycles. The predicted octanol–water partition coefficient (Wildman–Crippen LogP) is 4.29. The van der Waals surface area contributed by atoms with Crippen molar-refractivity contribution in [1.29, 1.82) is 0 Å². The van der Waals surface area contributed by atoms with E-state index in [1.54, 1.807) is 0 Å². The molecule has 0 unspecified atom stereocenters. The first-order valence-corrected chi connectivity index (χ1v) is 10.6. The molecule has 1 aliphatic heterocycles. The van der Waals surface area contributed by atoms with Crippen molar-refractivity contribution in [3.63, 3.8) is 0 Å². The predicted molar refractivity (Wildman–Crippen MR) is 117 cm³/mol. The van der Waals surface area contributed by atoms with Crippen LogP contribution in [0.3, 0.4) is 0 Å². The number of nitrogens with zero attached hydrogens (tertiary/aromatic N) is 2. The van der Waals surface area contributed by atoms with Gasteiger partial charge in [0.05, 0.1) is 0 Å². The molecule has 0 N–H and O–H groups in total. The third-order valence-electron chi connectivity index (χ3n) is 5.60. The van der Waals surface area contributed by atoms with E-state index in [9.17, 15) is 9.59 Å². The van der Waals surface area contributed by atoms with Crippen LogP contribution in [0.15, 0.2) is 54.6 Å². The maximum atomic E-state index is 12.9. The van der Waals surface area contributed by atoms with Gasteiger partial charge >= 0.3 is 0 Å². The Morgan fingerprint density at radius 1 is 0.828 bits per heavy atom. The van der Waals surface area contributed by atoms with Crippen LogP contribution in [0.1, 0.15) is 55.1 Å². The van der Waals surface area contributed by atoms with Crippen LogP contribution in [0.4, 0.5) is 0 Å². The Labute approximate surface area is 174 Å². The Morgan fingerprint density at radius 3 is 2.10 bits per heavy atom. The lowest BCUT2D eigenvalue weighted by atomic mass is 9.86. The van der Waals surface area contributed by atoms with Gasteiger partial charge in [0.1, 0.15) is 0 Å². The van der Waals surface area contributed by atoms with Gasteiger partial charge in [0.15, 0.2) is 0 Å². The Kier molecular flexibility index (Phi) is 6.73. The molecule has 2 aromatic rings. The van der Waals surface area contributed by atoms with Crippen molar-refractivity contribution < 1.29 is 9.59 Å². The third kappa shape index (κ3) is 5.69. The maximum Gasteiger partial charge on any atom is 0.253 e. The number of carbonyl (C=O) groups excluding carboxylic acids is 2. The van der Waals surface area contributed by atoms with E-state index in [1.807, 2.05) is 52.3 Å². The second-order valence-corrected chi connectivity index (χ2v) is 8.84. The molecule has 2 aromatic carbocycles. The fourth-order valence-electron chi connectivity index (χ4n) is 3.72. The molecule has 0 spiro atoms. The summed E-state index contributed by atoms with van der Waals surface area (Å²) < 4.78 is 0. The van der Waals surface area contributed by atoms with E-state index in [0.29, 0.717) is 26.1 Å². The average molecular weight is 393 g/mol. The van der Waals surface area contributed by atoms with E-state index >= 15 is 0 Å². The summed E-state index contributed by atoms with van der Waals surface area (Å²) in [5, 5.41) is 0. The molecule has 1 heterocycles. The van der Waals surface area contributed by atoms with Crippen LogP contribution in [0.5, 0.6) is 0 Å². The van der Waals surface area contributed by atoms with Crippen LogP contribution < -0.4 is 0 Å². The van der Waals surface area contributed by atoms with Gasteiger partial charge < -0.3 is 9.80 Å². The van der Waals surface area contributed by atoms with Crippen LogP contribution in [-0.4, -0.2) is 47.8 Å². The summed E-state index contributed by atoms with van der Waals surface area (Å²) in [5.74, 6) is 0.238. The number of rotatable bonds is 4. The van der Waals surface area contributed by atoms with Crippen molar-refractivity contribution in [2.24, 2.45) is 0 Å². The van der Waals surface area contributed by atoms with Gasteiger partial charge in [-0.05, 0) is 41.5 Å². The molecule has 0 bridgehead atoms. The first-order valence-electron chi connectivity index (χ1n) is 10.6. The van der Waals surface area contributed by atoms with Crippen molar-refractivity contribution >= 4 is 11.8 Å².